The Balaban J connectivity index is 2.24. The van der Waals surface area contributed by atoms with E-state index in [-0.39, 0.29) is 18.1 Å². The molecule has 0 fully saturated rings. The molecule has 0 saturated heterocycles. The van der Waals surface area contributed by atoms with Crippen molar-refractivity contribution in [2.24, 2.45) is 0 Å². The molecule has 92 valence electrons. The Labute approximate surface area is 101 Å². The predicted molar refractivity (Wildman–Crippen MR) is 67.4 cm³/mol. The molecule has 1 aromatic rings. The lowest BCUT2D eigenvalue weighted by molar-refractivity contribution is -0.118. The first-order chi connectivity index (χ1) is 8.10. The number of nitrogens with one attached hydrogen (secondary N) is 2. The number of fused-ring (bicyclic) bond motifs is 1. The quantitative estimate of drug-likeness (QED) is 0.834. The zero-order valence-electron chi connectivity index (χ0n) is 10.4. The standard InChI is InChI=1S/C13H18N2O2/c1-8(2)17-10-4-5-11-9(6-10)7-12(14-3)13(16)15-11/h4-6,8,12,14H,7H2,1-3H3,(H,15,16). The number of ether oxygens (including phenoxy) is 1. The number of benzene rings is 1. The zero-order chi connectivity index (χ0) is 12.4. The lowest BCUT2D eigenvalue weighted by Crippen LogP contribution is -2.43. The van der Waals surface area contributed by atoms with E-state index < -0.39 is 0 Å². The van der Waals surface area contributed by atoms with Gasteiger partial charge in [-0.05, 0) is 51.1 Å². The minimum Gasteiger partial charge on any atom is -0.491 e. The van der Waals surface area contributed by atoms with Crippen LogP contribution in [0.1, 0.15) is 19.4 Å². The van der Waals surface area contributed by atoms with Crippen LogP contribution >= 0.6 is 0 Å². The summed E-state index contributed by atoms with van der Waals surface area (Å²) in [5.74, 6) is 0.877. The fourth-order valence-electron chi connectivity index (χ4n) is 1.97. The van der Waals surface area contributed by atoms with Crippen molar-refractivity contribution in [2.45, 2.75) is 32.4 Å². The molecule has 2 N–H and O–H groups in total. The Hall–Kier alpha value is -1.55. The Morgan fingerprint density at radius 3 is 2.88 bits per heavy atom. The molecule has 4 nitrogen and oxygen atoms in total. The van der Waals surface area contributed by atoms with Gasteiger partial charge in [0.15, 0.2) is 0 Å². The van der Waals surface area contributed by atoms with Crippen molar-refractivity contribution in [2.75, 3.05) is 12.4 Å². The molecule has 0 spiro atoms. The lowest BCUT2D eigenvalue weighted by Gasteiger charge is -2.25. The molecule has 4 heteroatoms. The molecule has 0 aliphatic carbocycles. The third-order valence-electron chi connectivity index (χ3n) is 2.80. The maximum Gasteiger partial charge on any atom is 0.241 e. The van der Waals surface area contributed by atoms with Crippen molar-refractivity contribution >= 4 is 11.6 Å². The zero-order valence-corrected chi connectivity index (χ0v) is 10.4. The van der Waals surface area contributed by atoms with Crippen LogP contribution in [0.2, 0.25) is 0 Å². The summed E-state index contributed by atoms with van der Waals surface area (Å²) in [7, 11) is 1.80. The number of carbonyl (C=O) groups excluding carboxylic acids is 1. The maximum absolute atomic E-state index is 11.6. The number of hydrogen-bond donors (Lipinski definition) is 2. The second-order valence-corrected chi connectivity index (χ2v) is 4.52. The first-order valence-electron chi connectivity index (χ1n) is 5.88. The van der Waals surface area contributed by atoms with Gasteiger partial charge in [0.2, 0.25) is 5.91 Å². The van der Waals surface area contributed by atoms with Gasteiger partial charge in [-0.3, -0.25) is 4.79 Å². The smallest absolute Gasteiger partial charge is 0.241 e. The van der Waals surface area contributed by atoms with E-state index in [0.29, 0.717) is 6.42 Å². The average Bonchev–Trinajstić information content (AvgIpc) is 2.28. The molecule has 0 aromatic heterocycles. The number of amides is 1. The van der Waals surface area contributed by atoms with Crippen LogP contribution in [0.3, 0.4) is 0 Å². The van der Waals surface area contributed by atoms with Crippen LogP contribution < -0.4 is 15.4 Å². The Morgan fingerprint density at radius 1 is 1.47 bits per heavy atom. The SMILES string of the molecule is CNC1Cc2cc(OC(C)C)ccc2NC1=O. The molecular weight excluding hydrogens is 216 g/mol. The molecule has 0 saturated carbocycles. The van der Waals surface area contributed by atoms with Crippen LogP contribution in [0.5, 0.6) is 5.75 Å². The summed E-state index contributed by atoms with van der Waals surface area (Å²) in [5.41, 5.74) is 2.00. The Kier molecular flexibility index (Phi) is 3.33. The molecule has 1 amide bonds. The van der Waals surface area contributed by atoms with E-state index in [2.05, 4.69) is 10.6 Å². The average molecular weight is 234 g/mol. The van der Waals surface area contributed by atoms with E-state index in [4.69, 9.17) is 4.74 Å². The van der Waals surface area contributed by atoms with Crippen LogP contribution in [0.4, 0.5) is 5.69 Å². The maximum atomic E-state index is 11.6. The van der Waals surface area contributed by atoms with Crippen molar-refractivity contribution in [3.05, 3.63) is 23.8 Å². The first-order valence-corrected chi connectivity index (χ1v) is 5.88. The van der Waals surface area contributed by atoms with Crippen molar-refractivity contribution < 1.29 is 9.53 Å². The molecule has 17 heavy (non-hydrogen) atoms. The molecule has 1 heterocycles. The summed E-state index contributed by atoms with van der Waals surface area (Å²) in [4.78, 5) is 11.6. The molecular formula is C13H18N2O2. The van der Waals surface area contributed by atoms with Gasteiger partial charge in [-0.1, -0.05) is 0 Å². The largest absolute Gasteiger partial charge is 0.491 e. The van der Waals surface area contributed by atoms with Crippen LogP contribution in [0.25, 0.3) is 0 Å². The third kappa shape index (κ3) is 2.58. The van der Waals surface area contributed by atoms with Gasteiger partial charge >= 0.3 is 0 Å². The van der Waals surface area contributed by atoms with Gasteiger partial charge in [0.1, 0.15) is 5.75 Å². The fraction of sp³-hybridized carbons (Fsp3) is 0.462. The van der Waals surface area contributed by atoms with Gasteiger partial charge in [-0.2, -0.15) is 0 Å². The van der Waals surface area contributed by atoms with Gasteiger partial charge in [-0.25, -0.2) is 0 Å². The lowest BCUT2D eigenvalue weighted by atomic mass is 9.99. The van der Waals surface area contributed by atoms with Crippen LogP contribution in [0.15, 0.2) is 18.2 Å². The first kappa shape index (κ1) is 11.9. The Bertz CT molecular complexity index is 429. The highest BCUT2D eigenvalue weighted by Crippen LogP contribution is 2.27. The van der Waals surface area contributed by atoms with Crippen molar-refractivity contribution in [3.8, 4) is 5.75 Å². The number of anilines is 1. The highest BCUT2D eigenvalue weighted by atomic mass is 16.5. The predicted octanol–water partition coefficient (Wildman–Crippen LogP) is 1.56. The molecule has 0 bridgehead atoms. The summed E-state index contributed by atoms with van der Waals surface area (Å²) >= 11 is 0. The second kappa shape index (κ2) is 4.75. The summed E-state index contributed by atoms with van der Waals surface area (Å²) in [6, 6.07) is 5.63. The van der Waals surface area contributed by atoms with E-state index in [0.717, 1.165) is 17.0 Å². The van der Waals surface area contributed by atoms with Crippen LogP contribution in [-0.4, -0.2) is 25.1 Å². The van der Waals surface area contributed by atoms with Crippen molar-refractivity contribution in [3.63, 3.8) is 0 Å². The van der Waals surface area contributed by atoms with Gasteiger partial charge in [0.25, 0.3) is 0 Å². The van der Waals surface area contributed by atoms with Crippen LogP contribution in [-0.2, 0) is 11.2 Å². The monoisotopic (exact) mass is 234 g/mol. The summed E-state index contributed by atoms with van der Waals surface area (Å²) in [5, 5.41) is 5.89. The van der Waals surface area contributed by atoms with Crippen molar-refractivity contribution in [1.29, 1.82) is 0 Å². The highest BCUT2D eigenvalue weighted by molar-refractivity contribution is 5.98. The third-order valence-corrected chi connectivity index (χ3v) is 2.80. The molecule has 1 unspecified atom stereocenters. The van der Waals surface area contributed by atoms with E-state index in [9.17, 15) is 4.79 Å². The van der Waals surface area contributed by atoms with Gasteiger partial charge < -0.3 is 15.4 Å². The highest BCUT2D eigenvalue weighted by Gasteiger charge is 2.24. The van der Waals surface area contributed by atoms with Crippen molar-refractivity contribution in [1.82, 2.24) is 5.32 Å². The summed E-state index contributed by atoms with van der Waals surface area (Å²) < 4.78 is 5.64. The van der Waals surface area contributed by atoms with Crippen LogP contribution in [0, 0.1) is 0 Å². The van der Waals surface area contributed by atoms with E-state index in [1.807, 2.05) is 32.0 Å². The van der Waals surface area contributed by atoms with E-state index in [1.54, 1.807) is 7.05 Å². The topological polar surface area (TPSA) is 50.4 Å². The molecule has 1 aliphatic rings. The minimum absolute atomic E-state index is 0.0255. The molecule has 1 aliphatic heterocycles. The minimum atomic E-state index is -0.156. The number of carbonyl (C=O) groups is 1. The van der Waals surface area contributed by atoms with Gasteiger partial charge in [0.05, 0.1) is 12.1 Å². The second-order valence-electron chi connectivity index (χ2n) is 4.52. The summed E-state index contributed by atoms with van der Waals surface area (Å²) in [6.45, 7) is 4.00. The molecule has 2 rings (SSSR count). The fourth-order valence-corrected chi connectivity index (χ4v) is 1.97. The Morgan fingerprint density at radius 2 is 2.24 bits per heavy atom. The normalized spacial score (nSPS) is 18.8. The van der Waals surface area contributed by atoms with E-state index in [1.165, 1.54) is 0 Å². The molecule has 1 atom stereocenters. The molecule has 0 radical (unpaired) electrons. The van der Waals surface area contributed by atoms with Gasteiger partial charge in [-0.15, -0.1) is 0 Å². The van der Waals surface area contributed by atoms with Gasteiger partial charge in [0, 0.05) is 5.69 Å². The molecule has 1 aromatic carbocycles. The van der Waals surface area contributed by atoms with E-state index >= 15 is 0 Å². The number of hydrogen-bond acceptors (Lipinski definition) is 3. The number of likely N-dealkylation sites (N-methyl/N-ethyl adjacent to an activating group) is 1. The summed E-state index contributed by atoms with van der Waals surface area (Å²) in [6.07, 6.45) is 0.860. The number of rotatable bonds is 3.